The van der Waals surface area contributed by atoms with E-state index in [9.17, 15) is 5.11 Å². The Morgan fingerprint density at radius 2 is 1.28 bits per heavy atom. The zero-order chi connectivity index (χ0) is 32.5. The van der Waals surface area contributed by atoms with E-state index in [4.69, 9.17) is 37.9 Å². The molecule has 0 unspecified atom stereocenters. The predicted octanol–water partition coefficient (Wildman–Crippen LogP) is 6.45. The molecular weight excluding hydrogens is 600 g/mol. The average molecular weight is 651 g/mol. The second kappa shape index (κ2) is 19.7. The third kappa shape index (κ3) is 11.6. The molecule has 9 nitrogen and oxygen atoms in total. The van der Waals surface area contributed by atoms with Crippen LogP contribution in [-0.2, 0) is 41.6 Å². The van der Waals surface area contributed by atoms with E-state index < -0.39 is 30.7 Å². The van der Waals surface area contributed by atoms with E-state index in [0.29, 0.717) is 25.6 Å². The van der Waals surface area contributed by atoms with Crippen molar-refractivity contribution >= 4 is 0 Å². The van der Waals surface area contributed by atoms with Crippen molar-refractivity contribution in [3.63, 3.8) is 0 Å². The molecule has 0 bridgehead atoms. The lowest BCUT2D eigenvalue weighted by molar-refractivity contribution is -0.318. The van der Waals surface area contributed by atoms with Crippen molar-refractivity contribution in [1.29, 1.82) is 0 Å². The van der Waals surface area contributed by atoms with Crippen LogP contribution in [0.25, 0.3) is 0 Å². The summed E-state index contributed by atoms with van der Waals surface area (Å²) in [6.07, 6.45) is 3.25. The lowest BCUT2D eigenvalue weighted by Gasteiger charge is -2.44. The average Bonchev–Trinajstić information content (AvgIpc) is 3.13. The van der Waals surface area contributed by atoms with E-state index in [-0.39, 0.29) is 12.9 Å². The van der Waals surface area contributed by atoms with Crippen LogP contribution in [-0.4, -0.2) is 75.6 Å². The van der Waals surface area contributed by atoms with Gasteiger partial charge in [0.1, 0.15) is 42.5 Å². The Hall–Kier alpha value is -3.02. The van der Waals surface area contributed by atoms with Crippen LogP contribution in [0.5, 0.6) is 11.5 Å². The van der Waals surface area contributed by atoms with Crippen LogP contribution in [0.4, 0.5) is 0 Å². The monoisotopic (exact) mass is 650 g/mol. The van der Waals surface area contributed by atoms with Crippen LogP contribution in [0, 0.1) is 0 Å². The van der Waals surface area contributed by atoms with Gasteiger partial charge < -0.3 is 43.0 Å². The predicted molar refractivity (Wildman–Crippen MR) is 177 cm³/mol. The number of aliphatic hydroxyl groups excluding tert-OH is 1. The molecule has 0 amide bonds. The molecular formula is C38H50O9. The van der Waals surface area contributed by atoms with Gasteiger partial charge in [0, 0.05) is 6.61 Å². The lowest BCUT2D eigenvalue weighted by Crippen LogP contribution is -2.61. The first-order valence-electron chi connectivity index (χ1n) is 17.0. The molecule has 0 radical (unpaired) electrons. The molecule has 9 heteroatoms. The van der Waals surface area contributed by atoms with Gasteiger partial charge in [-0.3, -0.25) is 0 Å². The van der Waals surface area contributed by atoms with Crippen molar-refractivity contribution in [3.8, 4) is 11.5 Å². The van der Waals surface area contributed by atoms with Gasteiger partial charge in [0.15, 0.2) is 12.6 Å². The molecule has 5 rings (SSSR count). The minimum atomic E-state index is -1.02. The van der Waals surface area contributed by atoms with E-state index in [1.54, 1.807) is 7.11 Å². The Morgan fingerprint density at radius 1 is 0.681 bits per heavy atom. The first-order valence-corrected chi connectivity index (χ1v) is 17.0. The SMILES string of the molecule is COc1ccc(OC[C@H]2O[C@H](OCCCCCCCC3OCCCO3)[C@H](OCc3ccccc3)[C@@H](OCc3ccccc3)[C@H]2O)cc1. The minimum Gasteiger partial charge on any atom is -0.497 e. The van der Waals surface area contributed by atoms with Crippen molar-refractivity contribution in [2.24, 2.45) is 0 Å². The number of hydrogen-bond donors (Lipinski definition) is 1. The second-order valence-corrected chi connectivity index (χ2v) is 12.0. The topological polar surface area (TPSA) is 94.1 Å². The van der Waals surface area contributed by atoms with Crippen LogP contribution in [0.3, 0.4) is 0 Å². The van der Waals surface area contributed by atoms with Crippen molar-refractivity contribution in [1.82, 2.24) is 0 Å². The van der Waals surface area contributed by atoms with Crippen LogP contribution in [0.1, 0.15) is 56.1 Å². The maximum atomic E-state index is 11.6. The first kappa shape index (κ1) is 35.3. The standard InChI is InChI=1S/C38H50O9/c1-40-31-19-21-32(22-20-31)44-28-33-35(39)36(45-26-29-14-7-5-8-15-29)37(46-27-30-16-9-6-10-17-30)38(47-33)43-23-12-4-2-3-11-18-34-41-24-13-25-42-34/h5-10,14-17,19-22,33-39H,2-4,11-13,18,23-28H2,1H3/t33-,35+,36+,37-,38+/m1/s1. The summed E-state index contributed by atoms with van der Waals surface area (Å²) in [4.78, 5) is 0. The third-order valence-electron chi connectivity index (χ3n) is 8.43. The molecule has 2 heterocycles. The molecule has 3 aromatic carbocycles. The Balaban J connectivity index is 1.21. The second-order valence-electron chi connectivity index (χ2n) is 12.0. The normalized spacial score (nSPS) is 23.4. The van der Waals surface area contributed by atoms with Gasteiger partial charge in [-0.2, -0.15) is 0 Å². The maximum absolute atomic E-state index is 11.6. The molecule has 3 aromatic rings. The number of ether oxygens (including phenoxy) is 8. The number of methoxy groups -OCH3 is 1. The Morgan fingerprint density at radius 3 is 1.94 bits per heavy atom. The number of rotatable bonds is 19. The lowest BCUT2D eigenvalue weighted by atomic mass is 9.98. The van der Waals surface area contributed by atoms with Crippen LogP contribution < -0.4 is 9.47 Å². The quantitative estimate of drug-likeness (QED) is 0.147. The summed E-state index contributed by atoms with van der Waals surface area (Å²) in [6.45, 7) is 2.84. The molecule has 2 aliphatic heterocycles. The molecule has 0 aliphatic carbocycles. The summed E-state index contributed by atoms with van der Waals surface area (Å²) in [6, 6.07) is 27.2. The fourth-order valence-electron chi connectivity index (χ4n) is 5.76. The van der Waals surface area contributed by atoms with Crippen molar-refractivity contribution in [3.05, 3.63) is 96.1 Å². The maximum Gasteiger partial charge on any atom is 0.186 e. The van der Waals surface area contributed by atoms with Crippen molar-refractivity contribution in [2.45, 2.75) is 95.2 Å². The molecule has 5 atom stereocenters. The van der Waals surface area contributed by atoms with E-state index in [0.717, 1.165) is 75.0 Å². The zero-order valence-corrected chi connectivity index (χ0v) is 27.5. The Kier molecular flexibility index (Phi) is 14.8. The fourth-order valence-corrected chi connectivity index (χ4v) is 5.76. The number of benzene rings is 3. The van der Waals surface area contributed by atoms with Gasteiger partial charge in [0.25, 0.3) is 0 Å². The highest BCUT2D eigenvalue weighted by Gasteiger charge is 2.48. The summed E-state index contributed by atoms with van der Waals surface area (Å²) in [7, 11) is 1.62. The molecule has 2 fully saturated rings. The summed E-state index contributed by atoms with van der Waals surface area (Å²) >= 11 is 0. The van der Waals surface area contributed by atoms with Gasteiger partial charge in [-0.05, 0) is 61.1 Å². The molecule has 2 saturated heterocycles. The number of hydrogen-bond acceptors (Lipinski definition) is 9. The molecule has 47 heavy (non-hydrogen) atoms. The van der Waals surface area contributed by atoms with Gasteiger partial charge in [0.2, 0.25) is 0 Å². The van der Waals surface area contributed by atoms with E-state index in [1.807, 2.05) is 84.9 Å². The number of unbranched alkanes of at least 4 members (excludes halogenated alkanes) is 4. The zero-order valence-electron chi connectivity index (χ0n) is 27.5. The molecule has 256 valence electrons. The summed E-state index contributed by atoms with van der Waals surface area (Å²) < 4.78 is 48.3. The Bertz CT molecular complexity index is 1240. The van der Waals surface area contributed by atoms with Crippen LogP contribution in [0.15, 0.2) is 84.9 Å². The first-order chi connectivity index (χ1) is 23.2. The largest absolute Gasteiger partial charge is 0.497 e. The molecule has 0 spiro atoms. The molecule has 0 aromatic heterocycles. The smallest absolute Gasteiger partial charge is 0.186 e. The minimum absolute atomic E-state index is 0.0441. The van der Waals surface area contributed by atoms with Crippen LogP contribution >= 0.6 is 0 Å². The highest BCUT2D eigenvalue weighted by atomic mass is 16.7. The molecule has 1 N–H and O–H groups in total. The molecule has 2 aliphatic rings. The fraction of sp³-hybridized carbons (Fsp3) is 0.526. The van der Waals surface area contributed by atoms with Crippen molar-refractivity contribution < 1.29 is 43.0 Å². The van der Waals surface area contributed by atoms with E-state index in [1.165, 1.54) is 0 Å². The van der Waals surface area contributed by atoms with Gasteiger partial charge >= 0.3 is 0 Å². The third-order valence-corrected chi connectivity index (χ3v) is 8.43. The highest BCUT2D eigenvalue weighted by molar-refractivity contribution is 5.31. The van der Waals surface area contributed by atoms with E-state index in [2.05, 4.69) is 0 Å². The van der Waals surface area contributed by atoms with Crippen LogP contribution in [0.2, 0.25) is 0 Å². The van der Waals surface area contributed by atoms with Gasteiger partial charge in [-0.15, -0.1) is 0 Å². The van der Waals surface area contributed by atoms with Gasteiger partial charge in [0.05, 0.1) is 33.5 Å². The number of aliphatic hydroxyl groups is 1. The summed E-state index contributed by atoms with van der Waals surface area (Å²) in [5, 5.41) is 11.6. The summed E-state index contributed by atoms with van der Waals surface area (Å²) in [5.74, 6) is 1.38. The van der Waals surface area contributed by atoms with Gasteiger partial charge in [-0.25, -0.2) is 0 Å². The highest BCUT2D eigenvalue weighted by Crippen LogP contribution is 2.30. The van der Waals surface area contributed by atoms with E-state index >= 15 is 0 Å². The van der Waals surface area contributed by atoms with Crippen molar-refractivity contribution in [2.75, 3.05) is 33.5 Å². The summed E-state index contributed by atoms with van der Waals surface area (Å²) in [5.41, 5.74) is 2.01. The Labute approximate surface area is 279 Å². The molecule has 0 saturated carbocycles. The van der Waals surface area contributed by atoms with Gasteiger partial charge in [-0.1, -0.05) is 79.9 Å².